The third-order valence-corrected chi connectivity index (χ3v) is 5.73. The molecule has 6 heteroatoms. The first-order valence-corrected chi connectivity index (χ1v) is 10.1. The van der Waals surface area contributed by atoms with Gasteiger partial charge in [0.25, 0.3) is 0 Å². The number of fused-ring (bicyclic) bond motifs is 1. The Kier molecular flexibility index (Phi) is 5.59. The zero-order chi connectivity index (χ0) is 19.5. The molecule has 0 saturated carbocycles. The van der Waals surface area contributed by atoms with Crippen molar-refractivity contribution in [2.45, 2.75) is 19.0 Å². The van der Waals surface area contributed by atoms with E-state index in [1.807, 2.05) is 0 Å². The molecule has 0 radical (unpaired) electrons. The van der Waals surface area contributed by atoms with Crippen LogP contribution in [0.4, 0.5) is 5.69 Å². The van der Waals surface area contributed by atoms with Gasteiger partial charge in [0.1, 0.15) is 11.9 Å². The standard InChI is InChI=1S/C22H30N6/c1-27(2)18-8-6-17(7-9-18)20-13-19-21(25-12-11-24-19)22(28(20)3)26-15-16-5-4-10-23-14-16/h6-9,11-13,16,22-23,26H,4-5,10,14-15H2,1-3H3/t16-,22?/m0/s1. The first-order chi connectivity index (χ1) is 13.6. The summed E-state index contributed by atoms with van der Waals surface area (Å²) in [5.41, 5.74) is 5.50. The van der Waals surface area contributed by atoms with Crippen LogP contribution in [0.2, 0.25) is 0 Å². The molecule has 1 fully saturated rings. The van der Waals surface area contributed by atoms with Crippen LogP contribution in [0.1, 0.15) is 36.0 Å². The molecule has 1 unspecified atom stereocenters. The SMILES string of the molecule is CN(C)c1ccc(C2=Cc3nccnc3C(NC[C@H]3CCCNC3)N2C)cc1. The van der Waals surface area contributed by atoms with Crippen molar-refractivity contribution in [1.82, 2.24) is 25.5 Å². The highest BCUT2D eigenvalue weighted by atomic mass is 15.3. The molecule has 0 bridgehead atoms. The molecular formula is C22H30N6. The van der Waals surface area contributed by atoms with Crippen molar-refractivity contribution in [3.8, 4) is 0 Å². The number of piperidine rings is 1. The predicted octanol–water partition coefficient (Wildman–Crippen LogP) is 2.57. The summed E-state index contributed by atoms with van der Waals surface area (Å²) >= 11 is 0. The number of hydrogen-bond donors (Lipinski definition) is 2. The molecule has 2 aromatic rings. The largest absolute Gasteiger partial charge is 0.378 e. The highest BCUT2D eigenvalue weighted by Crippen LogP contribution is 2.34. The lowest BCUT2D eigenvalue weighted by Gasteiger charge is -2.37. The molecule has 2 atom stereocenters. The van der Waals surface area contributed by atoms with Gasteiger partial charge in [0.15, 0.2) is 0 Å². The van der Waals surface area contributed by atoms with E-state index in [1.54, 1.807) is 12.4 Å². The fourth-order valence-electron chi connectivity index (χ4n) is 4.06. The van der Waals surface area contributed by atoms with Gasteiger partial charge in [-0.15, -0.1) is 0 Å². The Morgan fingerprint density at radius 2 is 1.96 bits per heavy atom. The molecule has 0 aliphatic carbocycles. The van der Waals surface area contributed by atoms with Crippen LogP contribution in [0.5, 0.6) is 0 Å². The number of anilines is 1. The van der Waals surface area contributed by atoms with Gasteiger partial charge >= 0.3 is 0 Å². The molecule has 28 heavy (non-hydrogen) atoms. The van der Waals surface area contributed by atoms with Gasteiger partial charge in [0, 0.05) is 51.5 Å². The Hall–Kier alpha value is -2.44. The Bertz CT molecular complexity index is 823. The molecule has 148 valence electrons. The number of nitrogens with zero attached hydrogens (tertiary/aromatic N) is 4. The van der Waals surface area contributed by atoms with E-state index in [0.717, 1.165) is 36.7 Å². The molecule has 0 spiro atoms. The van der Waals surface area contributed by atoms with Crippen LogP contribution in [-0.2, 0) is 0 Å². The fraction of sp³-hybridized carbons (Fsp3) is 0.455. The summed E-state index contributed by atoms with van der Waals surface area (Å²) in [4.78, 5) is 13.6. The highest BCUT2D eigenvalue weighted by Gasteiger charge is 2.29. The van der Waals surface area contributed by atoms with Gasteiger partial charge in [0.05, 0.1) is 5.69 Å². The van der Waals surface area contributed by atoms with Crippen LogP contribution < -0.4 is 15.5 Å². The lowest BCUT2D eigenvalue weighted by atomic mass is 9.98. The van der Waals surface area contributed by atoms with Gasteiger partial charge in [-0.1, -0.05) is 12.1 Å². The molecule has 4 rings (SSSR count). The molecule has 2 aliphatic rings. The van der Waals surface area contributed by atoms with E-state index >= 15 is 0 Å². The lowest BCUT2D eigenvalue weighted by molar-refractivity contribution is 0.254. The zero-order valence-corrected chi connectivity index (χ0v) is 17.0. The van der Waals surface area contributed by atoms with Gasteiger partial charge in [0.2, 0.25) is 0 Å². The van der Waals surface area contributed by atoms with Crippen molar-refractivity contribution in [2.75, 3.05) is 45.7 Å². The summed E-state index contributed by atoms with van der Waals surface area (Å²) in [6.07, 6.45) is 8.27. The third-order valence-electron chi connectivity index (χ3n) is 5.73. The molecule has 1 aromatic heterocycles. The van der Waals surface area contributed by atoms with Gasteiger partial charge in [-0.3, -0.25) is 15.3 Å². The Morgan fingerprint density at radius 3 is 2.68 bits per heavy atom. The van der Waals surface area contributed by atoms with Crippen LogP contribution in [0, 0.1) is 5.92 Å². The van der Waals surface area contributed by atoms with Gasteiger partial charge in [-0.2, -0.15) is 0 Å². The molecule has 2 N–H and O–H groups in total. The summed E-state index contributed by atoms with van der Waals surface area (Å²) in [5, 5.41) is 7.27. The van der Waals surface area contributed by atoms with E-state index in [9.17, 15) is 0 Å². The Balaban J connectivity index is 1.60. The predicted molar refractivity (Wildman–Crippen MR) is 115 cm³/mol. The van der Waals surface area contributed by atoms with Crippen LogP contribution >= 0.6 is 0 Å². The van der Waals surface area contributed by atoms with Crippen LogP contribution in [0.15, 0.2) is 36.7 Å². The van der Waals surface area contributed by atoms with Crippen molar-refractivity contribution < 1.29 is 0 Å². The molecule has 6 nitrogen and oxygen atoms in total. The van der Waals surface area contributed by atoms with Gasteiger partial charge < -0.3 is 15.1 Å². The molecule has 1 saturated heterocycles. The molecule has 1 aromatic carbocycles. The minimum absolute atomic E-state index is 0.0270. The Morgan fingerprint density at radius 1 is 1.18 bits per heavy atom. The third kappa shape index (κ3) is 3.88. The Labute approximate surface area is 167 Å². The lowest BCUT2D eigenvalue weighted by Crippen LogP contribution is -2.43. The second-order valence-corrected chi connectivity index (χ2v) is 7.93. The second-order valence-electron chi connectivity index (χ2n) is 7.93. The average molecular weight is 379 g/mol. The van der Waals surface area contributed by atoms with Crippen LogP contribution in [-0.4, -0.2) is 55.6 Å². The van der Waals surface area contributed by atoms with Crippen molar-refractivity contribution in [2.24, 2.45) is 5.92 Å². The highest BCUT2D eigenvalue weighted by molar-refractivity contribution is 5.82. The van der Waals surface area contributed by atoms with E-state index in [0.29, 0.717) is 5.92 Å². The summed E-state index contributed by atoms with van der Waals surface area (Å²) in [6, 6.07) is 8.68. The maximum atomic E-state index is 4.65. The molecular weight excluding hydrogens is 348 g/mol. The minimum atomic E-state index is 0.0270. The summed E-state index contributed by atoms with van der Waals surface area (Å²) in [5.74, 6) is 0.663. The van der Waals surface area contributed by atoms with Crippen molar-refractivity contribution in [3.05, 3.63) is 53.6 Å². The topological polar surface area (TPSA) is 56.3 Å². The van der Waals surface area contributed by atoms with Crippen molar-refractivity contribution in [3.63, 3.8) is 0 Å². The summed E-state index contributed by atoms with van der Waals surface area (Å²) in [6.45, 7) is 3.21. The van der Waals surface area contributed by atoms with E-state index in [1.165, 1.54) is 24.1 Å². The molecule has 3 heterocycles. The maximum absolute atomic E-state index is 4.65. The molecule has 0 amide bonds. The summed E-state index contributed by atoms with van der Waals surface area (Å²) in [7, 11) is 6.26. The number of rotatable bonds is 5. The minimum Gasteiger partial charge on any atom is -0.378 e. The van der Waals surface area contributed by atoms with Gasteiger partial charge in [-0.25, -0.2) is 0 Å². The smallest absolute Gasteiger partial charge is 0.125 e. The van der Waals surface area contributed by atoms with E-state index in [-0.39, 0.29) is 6.17 Å². The zero-order valence-electron chi connectivity index (χ0n) is 17.0. The second kappa shape index (κ2) is 8.29. The van der Waals surface area contributed by atoms with Crippen molar-refractivity contribution >= 4 is 17.5 Å². The number of benzene rings is 1. The van der Waals surface area contributed by atoms with Crippen LogP contribution in [0.25, 0.3) is 11.8 Å². The van der Waals surface area contributed by atoms with Crippen molar-refractivity contribution in [1.29, 1.82) is 0 Å². The quantitative estimate of drug-likeness (QED) is 0.834. The van der Waals surface area contributed by atoms with E-state index < -0.39 is 0 Å². The molecule has 2 aliphatic heterocycles. The van der Waals surface area contributed by atoms with Gasteiger partial charge in [-0.05, 0) is 55.6 Å². The summed E-state index contributed by atoms with van der Waals surface area (Å²) < 4.78 is 0. The van der Waals surface area contributed by atoms with E-state index in [2.05, 4.69) is 81.9 Å². The number of aromatic nitrogens is 2. The number of hydrogen-bond acceptors (Lipinski definition) is 6. The first-order valence-electron chi connectivity index (χ1n) is 10.1. The average Bonchev–Trinajstić information content (AvgIpc) is 2.73. The number of nitrogens with one attached hydrogen (secondary N) is 2. The fourth-order valence-corrected chi connectivity index (χ4v) is 4.06. The first kappa shape index (κ1) is 18.9. The maximum Gasteiger partial charge on any atom is 0.125 e. The normalized spacial score (nSPS) is 21.8. The van der Waals surface area contributed by atoms with E-state index in [4.69, 9.17) is 0 Å². The monoisotopic (exact) mass is 378 g/mol. The van der Waals surface area contributed by atoms with Crippen LogP contribution in [0.3, 0.4) is 0 Å².